The van der Waals surface area contributed by atoms with Gasteiger partial charge in [0.25, 0.3) is 0 Å². The predicted octanol–water partition coefficient (Wildman–Crippen LogP) is 3.51. The van der Waals surface area contributed by atoms with E-state index in [1.807, 2.05) is 19.1 Å². The lowest BCUT2D eigenvalue weighted by molar-refractivity contribution is -0.116. The lowest BCUT2D eigenvalue weighted by Gasteiger charge is -2.14. The van der Waals surface area contributed by atoms with Crippen LogP contribution < -0.4 is 5.32 Å². The molecule has 1 N–H and O–H groups in total. The number of aryl methyl sites for hydroxylation is 1. The zero-order valence-electron chi connectivity index (χ0n) is 14.1. The molecule has 0 radical (unpaired) electrons. The number of hydrogen-bond acceptors (Lipinski definition) is 3. The van der Waals surface area contributed by atoms with Crippen LogP contribution in [0.5, 0.6) is 0 Å². The summed E-state index contributed by atoms with van der Waals surface area (Å²) in [4.78, 5) is 14.3. The van der Waals surface area contributed by atoms with Crippen molar-refractivity contribution < 1.29 is 9.21 Å². The van der Waals surface area contributed by atoms with E-state index >= 15 is 0 Å². The second kappa shape index (κ2) is 7.97. The normalized spacial score (nSPS) is 15.2. The molecule has 4 heteroatoms. The minimum atomic E-state index is -0.120. The summed E-state index contributed by atoms with van der Waals surface area (Å²) in [5.74, 6) is 1.41. The van der Waals surface area contributed by atoms with E-state index in [0.717, 1.165) is 17.9 Å². The molecule has 0 atom stereocenters. The zero-order chi connectivity index (χ0) is 16.8. The number of hydrogen-bond donors (Lipinski definition) is 1. The van der Waals surface area contributed by atoms with Crippen molar-refractivity contribution in [2.24, 2.45) is 0 Å². The van der Waals surface area contributed by atoms with Crippen LogP contribution in [0.15, 0.2) is 46.9 Å². The van der Waals surface area contributed by atoms with Gasteiger partial charge in [-0.25, -0.2) is 0 Å². The van der Waals surface area contributed by atoms with E-state index in [4.69, 9.17) is 4.42 Å². The van der Waals surface area contributed by atoms with Gasteiger partial charge in [-0.1, -0.05) is 24.3 Å². The van der Waals surface area contributed by atoms with Crippen molar-refractivity contribution in [2.45, 2.75) is 32.9 Å². The maximum atomic E-state index is 11.8. The highest BCUT2D eigenvalue weighted by molar-refractivity contribution is 5.91. The number of furan rings is 1. The van der Waals surface area contributed by atoms with Crippen LogP contribution in [0.25, 0.3) is 6.08 Å². The summed E-state index contributed by atoms with van der Waals surface area (Å²) in [6.45, 7) is 5.85. The topological polar surface area (TPSA) is 45.5 Å². The first-order chi connectivity index (χ1) is 11.7. The van der Waals surface area contributed by atoms with Gasteiger partial charge in [0.2, 0.25) is 5.91 Å². The Morgan fingerprint density at radius 3 is 2.50 bits per heavy atom. The van der Waals surface area contributed by atoms with Crippen LogP contribution in [0, 0.1) is 6.92 Å². The van der Waals surface area contributed by atoms with Crippen molar-refractivity contribution in [3.63, 3.8) is 0 Å². The summed E-state index contributed by atoms with van der Waals surface area (Å²) >= 11 is 0. The average molecular weight is 324 g/mol. The fraction of sp³-hybridized carbons (Fsp3) is 0.350. The predicted molar refractivity (Wildman–Crippen MR) is 95.3 cm³/mol. The number of rotatable bonds is 6. The summed E-state index contributed by atoms with van der Waals surface area (Å²) in [5, 5.41) is 2.89. The Bertz CT molecular complexity index is 695. The van der Waals surface area contributed by atoms with E-state index in [9.17, 15) is 4.79 Å². The highest BCUT2D eigenvalue weighted by atomic mass is 16.3. The van der Waals surface area contributed by atoms with Gasteiger partial charge in [-0.3, -0.25) is 9.69 Å². The number of carbonyl (C=O) groups is 1. The van der Waals surface area contributed by atoms with Crippen LogP contribution in [0.3, 0.4) is 0 Å². The quantitative estimate of drug-likeness (QED) is 0.827. The van der Waals surface area contributed by atoms with Gasteiger partial charge in [-0.2, -0.15) is 0 Å². The molecule has 3 rings (SSSR count). The zero-order valence-corrected chi connectivity index (χ0v) is 14.1. The van der Waals surface area contributed by atoms with Crippen LogP contribution >= 0.6 is 0 Å². The maximum absolute atomic E-state index is 11.8. The summed E-state index contributed by atoms with van der Waals surface area (Å²) in [6, 6.07) is 12.2. The molecule has 24 heavy (non-hydrogen) atoms. The molecule has 1 fully saturated rings. The van der Waals surface area contributed by atoms with Crippen molar-refractivity contribution >= 4 is 12.0 Å². The molecule has 1 aliphatic rings. The molecule has 1 aliphatic heterocycles. The first-order valence-electron chi connectivity index (χ1n) is 8.51. The number of benzene rings is 1. The van der Waals surface area contributed by atoms with Gasteiger partial charge >= 0.3 is 0 Å². The second-order valence-electron chi connectivity index (χ2n) is 6.30. The Morgan fingerprint density at radius 1 is 1.12 bits per heavy atom. The average Bonchev–Trinajstić information content (AvgIpc) is 3.24. The molecule has 4 nitrogen and oxygen atoms in total. The Balaban J connectivity index is 1.45. The van der Waals surface area contributed by atoms with Gasteiger partial charge in [-0.05, 0) is 62.2 Å². The first kappa shape index (κ1) is 16.5. The van der Waals surface area contributed by atoms with Crippen LogP contribution in [0.2, 0.25) is 0 Å². The van der Waals surface area contributed by atoms with Crippen LogP contribution in [0.4, 0.5) is 0 Å². The summed E-state index contributed by atoms with van der Waals surface area (Å²) < 4.78 is 5.39. The van der Waals surface area contributed by atoms with Crippen LogP contribution in [-0.2, 0) is 17.9 Å². The smallest absolute Gasteiger partial charge is 0.244 e. The molecule has 2 aromatic rings. The lowest BCUT2D eigenvalue weighted by Crippen LogP contribution is -2.20. The molecule has 0 bridgehead atoms. The van der Waals surface area contributed by atoms with E-state index in [2.05, 4.69) is 34.5 Å². The molecule has 1 aromatic carbocycles. The molecule has 2 heterocycles. The minimum Gasteiger partial charge on any atom is -0.462 e. The van der Waals surface area contributed by atoms with E-state index in [0.29, 0.717) is 12.3 Å². The van der Waals surface area contributed by atoms with E-state index in [1.165, 1.54) is 37.6 Å². The molecule has 0 aliphatic carbocycles. The van der Waals surface area contributed by atoms with E-state index in [1.54, 1.807) is 6.08 Å². The van der Waals surface area contributed by atoms with Gasteiger partial charge < -0.3 is 9.73 Å². The summed E-state index contributed by atoms with van der Waals surface area (Å²) in [6.07, 6.45) is 5.81. The molecule has 0 saturated carbocycles. The molecule has 0 spiro atoms. The molecule has 1 saturated heterocycles. The van der Waals surface area contributed by atoms with Gasteiger partial charge in [-0.15, -0.1) is 0 Å². The van der Waals surface area contributed by atoms with Crippen LogP contribution in [0.1, 0.15) is 35.5 Å². The highest BCUT2D eigenvalue weighted by Gasteiger charge is 2.11. The van der Waals surface area contributed by atoms with Gasteiger partial charge in [0.1, 0.15) is 11.5 Å². The van der Waals surface area contributed by atoms with Gasteiger partial charge in [0.05, 0.1) is 0 Å². The van der Waals surface area contributed by atoms with E-state index in [-0.39, 0.29) is 5.91 Å². The van der Waals surface area contributed by atoms with Gasteiger partial charge in [0.15, 0.2) is 0 Å². The minimum absolute atomic E-state index is 0.120. The lowest BCUT2D eigenvalue weighted by atomic mass is 10.1. The summed E-state index contributed by atoms with van der Waals surface area (Å²) in [5.41, 5.74) is 2.44. The first-order valence-corrected chi connectivity index (χ1v) is 8.51. The standard InChI is InChI=1S/C20H24N2O2/c1-16-4-9-19(24-16)10-11-20(23)21-14-17-5-7-18(8-6-17)15-22-12-2-3-13-22/h4-11H,2-3,12-15H2,1H3,(H,21,23)/b11-10+. The van der Waals surface area contributed by atoms with Crippen molar-refractivity contribution in [3.05, 3.63) is 65.1 Å². The molecule has 1 aromatic heterocycles. The van der Waals surface area contributed by atoms with Crippen molar-refractivity contribution in [3.8, 4) is 0 Å². The Morgan fingerprint density at radius 2 is 1.83 bits per heavy atom. The number of nitrogens with zero attached hydrogens (tertiary/aromatic N) is 1. The molecule has 126 valence electrons. The summed E-state index contributed by atoms with van der Waals surface area (Å²) in [7, 11) is 0. The van der Waals surface area contributed by atoms with Gasteiger partial charge in [0, 0.05) is 19.2 Å². The monoisotopic (exact) mass is 324 g/mol. The molecular weight excluding hydrogens is 300 g/mol. The van der Waals surface area contributed by atoms with Crippen molar-refractivity contribution in [2.75, 3.05) is 13.1 Å². The maximum Gasteiger partial charge on any atom is 0.244 e. The number of nitrogens with one attached hydrogen (secondary N) is 1. The third kappa shape index (κ3) is 4.83. The number of carbonyl (C=O) groups excluding carboxylic acids is 1. The number of amides is 1. The largest absolute Gasteiger partial charge is 0.462 e. The van der Waals surface area contributed by atoms with E-state index < -0.39 is 0 Å². The second-order valence-corrected chi connectivity index (χ2v) is 6.30. The Labute approximate surface area is 143 Å². The Hall–Kier alpha value is -2.33. The fourth-order valence-electron chi connectivity index (χ4n) is 2.91. The SMILES string of the molecule is Cc1ccc(/C=C/C(=O)NCc2ccc(CN3CCCC3)cc2)o1. The Kier molecular flexibility index (Phi) is 5.49. The number of likely N-dealkylation sites (tertiary alicyclic amines) is 1. The highest BCUT2D eigenvalue weighted by Crippen LogP contribution is 2.13. The van der Waals surface area contributed by atoms with Crippen molar-refractivity contribution in [1.82, 2.24) is 10.2 Å². The van der Waals surface area contributed by atoms with Crippen LogP contribution in [-0.4, -0.2) is 23.9 Å². The third-order valence-corrected chi connectivity index (χ3v) is 4.25. The van der Waals surface area contributed by atoms with Crippen molar-refractivity contribution in [1.29, 1.82) is 0 Å². The molecule has 1 amide bonds. The fourth-order valence-corrected chi connectivity index (χ4v) is 2.91. The molecule has 0 unspecified atom stereocenters. The molecular formula is C20H24N2O2. The third-order valence-electron chi connectivity index (χ3n) is 4.25.